The molecule has 1 aromatic rings. The molecule has 0 atom stereocenters. The summed E-state index contributed by atoms with van der Waals surface area (Å²) in [6, 6.07) is 2.95. The van der Waals surface area contributed by atoms with Crippen LogP contribution >= 0.6 is 0 Å². The Bertz CT molecular complexity index is 257. The van der Waals surface area contributed by atoms with Gasteiger partial charge in [-0.1, -0.05) is 40.7 Å². The molecule has 0 unspecified atom stereocenters. The van der Waals surface area contributed by atoms with Gasteiger partial charge in [-0.3, -0.25) is 0 Å². The predicted molar refractivity (Wildman–Crippen MR) is 65.0 cm³/mol. The lowest BCUT2D eigenvalue weighted by Gasteiger charge is -2.04. The number of halogens is 2. The molecule has 0 aliphatic carbocycles. The van der Waals surface area contributed by atoms with Crippen molar-refractivity contribution in [2.45, 2.75) is 41.0 Å². The fraction of sp³-hybridized carbons (Fsp3) is 0.538. The fourth-order valence-corrected chi connectivity index (χ4v) is 1.00. The summed E-state index contributed by atoms with van der Waals surface area (Å²) in [5.74, 6) is -1.77. The Labute approximate surface area is 97.4 Å². The second-order valence-corrected chi connectivity index (χ2v) is 2.41. The van der Waals surface area contributed by atoms with Crippen LogP contribution in [0.3, 0.4) is 0 Å². The predicted octanol–water partition coefficient (Wildman–Crippen LogP) is 4.59. The molecule has 3 heteroatoms. The highest BCUT2D eigenvalue weighted by Gasteiger charge is 2.11. The molecule has 16 heavy (non-hydrogen) atoms. The van der Waals surface area contributed by atoms with Gasteiger partial charge in [-0.15, -0.1) is 0 Å². The van der Waals surface area contributed by atoms with Crippen molar-refractivity contribution >= 4 is 0 Å². The second kappa shape index (κ2) is 10.4. The van der Waals surface area contributed by atoms with Crippen LogP contribution in [0.2, 0.25) is 0 Å². The number of hydrogen-bond donors (Lipinski definition) is 0. The lowest BCUT2D eigenvalue weighted by atomic mass is 10.1. The smallest absolute Gasteiger partial charge is 0.200 e. The van der Waals surface area contributed by atoms with Gasteiger partial charge >= 0.3 is 0 Å². The first-order valence-corrected chi connectivity index (χ1v) is 5.71. The first-order valence-electron chi connectivity index (χ1n) is 5.71. The van der Waals surface area contributed by atoms with Crippen molar-refractivity contribution < 1.29 is 13.5 Å². The molecule has 0 N–H and O–H groups in total. The van der Waals surface area contributed by atoms with E-state index in [9.17, 15) is 8.78 Å². The number of hydrogen-bond acceptors (Lipinski definition) is 1. The third kappa shape index (κ3) is 4.60. The van der Waals surface area contributed by atoms with Crippen molar-refractivity contribution in [2.75, 3.05) is 7.11 Å². The van der Waals surface area contributed by atoms with Crippen LogP contribution in [0.1, 0.15) is 40.2 Å². The summed E-state index contributed by atoms with van der Waals surface area (Å²) in [5, 5.41) is 0. The van der Waals surface area contributed by atoms with E-state index in [1.165, 1.54) is 19.2 Å². The molecule has 94 valence electrons. The van der Waals surface area contributed by atoms with E-state index in [4.69, 9.17) is 0 Å². The van der Waals surface area contributed by atoms with Crippen LogP contribution in [0.4, 0.5) is 8.78 Å². The lowest BCUT2D eigenvalue weighted by Crippen LogP contribution is -1.96. The van der Waals surface area contributed by atoms with E-state index in [1.54, 1.807) is 6.92 Å². The summed E-state index contributed by atoms with van der Waals surface area (Å²) in [5.41, 5.74) is 0.369. The largest absolute Gasteiger partial charge is 0.494 e. The molecule has 0 saturated carbocycles. The SMILES string of the molecule is CC.CC.CCc1ccc(OC)c(F)c1F. The molecule has 0 radical (unpaired) electrons. The highest BCUT2D eigenvalue weighted by atomic mass is 19.2. The number of ether oxygens (including phenoxy) is 1. The van der Waals surface area contributed by atoms with E-state index in [-0.39, 0.29) is 5.75 Å². The van der Waals surface area contributed by atoms with Gasteiger partial charge in [0.1, 0.15) is 0 Å². The van der Waals surface area contributed by atoms with Crippen LogP contribution in [0, 0.1) is 11.6 Å². The van der Waals surface area contributed by atoms with Crippen LogP contribution < -0.4 is 4.74 Å². The molecule has 0 aliphatic heterocycles. The van der Waals surface area contributed by atoms with E-state index >= 15 is 0 Å². The molecule has 1 rings (SSSR count). The van der Waals surface area contributed by atoms with E-state index in [2.05, 4.69) is 4.74 Å². The molecule has 1 nitrogen and oxygen atoms in total. The minimum Gasteiger partial charge on any atom is -0.494 e. The normalized spacial score (nSPS) is 8.25. The van der Waals surface area contributed by atoms with Gasteiger partial charge in [0.05, 0.1) is 7.11 Å². The van der Waals surface area contributed by atoms with Crippen molar-refractivity contribution in [3.63, 3.8) is 0 Å². The average molecular weight is 232 g/mol. The molecule has 1 aromatic carbocycles. The lowest BCUT2D eigenvalue weighted by molar-refractivity contribution is 0.370. The van der Waals surface area contributed by atoms with Crippen molar-refractivity contribution in [1.29, 1.82) is 0 Å². The number of benzene rings is 1. The Morgan fingerprint density at radius 1 is 1.00 bits per heavy atom. The fourth-order valence-electron chi connectivity index (χ4n) is 1.00. The Morgan fingerprint density at radius 2 is 1.50 bits per heavy atom. The highest BCUT2D eigenvalue weighted by Crippen LogP contribution is 2.22. The number of rotatable bonds is 2. The van der Waals surface area contributed by atoms with E-state index in [1.807, 2.05) is 27.7 Å². The molecule has 0 bridgehead atoms. The average Bonchev–Trinajstić information content (AvgIpc) is 2.37. The third-order valence-electron chi connectivity index (χ3n) is 1.73. The second-order valence-electron chi connectivity index (χ2n) is 2.41. The molecule has 0 fully saturated rings. The molecule has 0 spiro atoms. The summed E-state index contributed by atoms with van der Waals surface area (Å²) in [6.07, 6.45) is 0.479. The minimum absolute atomic E-state index is 0.0512. The Morgan fingerprint density at radius 3 is 1.88 bits per heavy atom. The molecule has 0 saturated heterocycles. The molecule has 0 aromatic heterocycles. The molecule has 0 heterocycles. The molecular formula is C13H22F2O. The minimum atomic E-state index is -0.906. The summed E-state index contributed by atoms with van der Waals surface area (Å²) < 4.78 is 30.6. The zero-order valence-electron chi connectivity index (χ0n) is 11.0. The standard InChI is InChI=1S/C9H10F2O.2C2H6/c1-3-6-4-5-7(12-2)9(11)8(6)10;2*1-2/h4-5H,3H2,1-2H3;2*1-2H3. The van der Waals surface area contributed by atoms with Crippen molar-refractivity contribution in [3.8, 4) is 5.75 Å². The maximum atomic E-state index is 13.0. The third-order valence-corrected chi connectivity index (χ3v) is 1.73. The van der Waals surface area contributed by atoms with E-state index in [0.717, 1.165) is 0 Å². The Hall–Kier alpha value is -1.12. The number of methoxy groups -OCH3 is 1. The van der Waals surface area contributed by atoms with Gasteiger partial charge in [0, 0.05) is 0 Å². The van der Waals surface area contributed by atoms with Gasteiger partial charge < -0.3 is 4.74 Å². The maximum Gasteiger partial charge on any atom is 0.200 e. The summed E-state index contributed by atoms with van der Waals surface area (Å²) in [4.78, 5) is 0. The Balaban J connectivity index is 0. The van der Waals surface area contributed by atoms with E-state index < -0.39 is 11.6 Å². The topological polar surface area (TPSA) is 9.23 Å². The van der Waals surface area contributed by atoms with Crippen LogP contribution in [0.25, 0.3) is 0 Å². The van der Waals surface area contributed by atoms with Gasteiger partial charge in [-0.25, -0.2) is 4.39 Å². The van der Waals surface area contributed by atoms with Gasteiger partial charge in [-0.2, -0.15) is 4.39 Å². The van der Waals surface area contributed by atoms with Gasteiger partial charge in [0.15, 0.2) is 11.6 Å². The summed E-state index contributed by atoms with van der Waals surface area (Å²) >= 11 is 0. The monoisotopic (exact) mass is 232 g/mol. The van der Waals surface area contributed by atoms with E-state index in [0.29, 0.717) is 12.0 Å². The number of aryl methyl sites for hydroxylation is 1. The maximum absolute atomic E-state index is 13.0. The van der Waals surface area contributed by atoms with Gasteiger partial charge in [0.25, 0.3) is 0 Å². The molecular weight excluding hydrogens is 210 g/mol. The summed E-state index contributed by atoms with van der Waals surface area (Å²) in [6.45, 7) is 9.77. The van der Waals surface area contributed by atoms with Crippen molar-refractivity contribution in [1.82, 2.24) is 0 Å². The van der Waals surface area contributed by atoms with Gasteiger partial charge in [-0.05, 0) is 18.1 Å². The van der Waals surface area contributed by atoms with Gasteiger partial charge in [0.2, 0.25) is 5.82 Å². The van der Waals surface area contributed by atoms with Crippen molar-refractivity contribution in [2.24, 2.45) is 0 Å². The Kier molecular flexibility index (Phi) is 11.2. The highest BCUT2D eigenvalue weighted by molar-refractivity contribution is 5.30. The first-order chi connectivity index (χ1) is 7.70. The molecule has 0 amide bonds. The summed E-state index contributed by atoms with van der Waals surface area (Å²) in [7, 11) is 1.31. The van der Waals surface area contributed by atoms with Crippen LogP contribution in [-0.4, -0.2) is 7.11 Å². The van der Waals surface area contributed by atoms with Crippen LogP contribution in [0.15, 0.2) is 12.1 Å². The molecule has 0 aliphatic rings. The van der Waals surface area contributed by atoms with Crippen molar-refractivity contribution in [3.05, 3.63) is 29.3 Å². The first kappa shape index (κ1) is 17.3. The van der Waals surface area contributed by atoms with Crippen LogP contribution in [-0.2, 0) is 6.42 Å². The zero-order valence-corrected chi connectivity index (χ0v) is 11.0. The zero-order chi connectivity index (χ0) is 13.1. The van der Waals surface area contributed by atoms with Crippen LogP contribution in [0.5, 0.6) is 5.75 Å². The quantitative estimate of drug-likeness (QED) is 0.724.